The molecule has 2 aromatic carbocycles. The van der Waals surface area contributed by atoms with Gasteiger partial charge in [0.15, 0.2) is 0 Å². The van der Waals surface area contributed by atoms with Crippen LogP contribution in [-0.4, -0.2) is 15.7 Å². The summed E-state index contributed by atoms with van der Waals surface area (Å²) in [7, 11) is 1.75. The molecule has 3 aromatic rings. The Morgan fingerprint density at radius 3 is 2.57 bits per heavy atom. The maximum absolute atomic E-state index is 12.5. The van der Waals surface area contributed by atoms with Gasteiger partial charge in [-0.25, -0.2) is 0 Å². The molecule has 1 atom stereocenters. The number of carbonyl (C=O) groups is 1. The third-order valence-corrected chi connectivity index (χ3v) is 4.99. The molecule has 2 N–H and O–H groups in total. The van der Waals surface area contributed by atoms with Crippen molar-refractivity contribution in [3.8, 4) is 5.75 Å². The largest absolute Gasteiger partial charge is 0.486 e. The van der Waals surface area contributed by atoms with Crippen LogP contribution in [-0.2, 0) is 13.6 Å². The van der Waals surface area contributed by atoms with Crippen molar-refractivity contribution < 1.29 is 9.53 Å². The van der Waals surface area contributed by atoms with E-state index in [2.05, 4.69) is 10.4 Å². The van der Waals surface area contributed by atoms with Gasteiger partial charge in [0.25, 0.3) is 11.5 Å². The highest BCUT2D eigenvalue weighted by Gasteiger charge is 2.16. The van der Waals surface area contributed by atoms with E-state index in [9.17, 15) is 9.59 Å². The van der Waals surface area contributed by atoms with Gasteiger partial charge in [-0.2, -0.15) is 0 Å². The molecule has 1 heterocycles. The molecule has 1 amide bonds. The maximum atomic E-state index is 12.5. The van der Waals surface area contributed by atoms with Gasteiger partial charge in [-0.05, 0) is 38.1 Å². The molecule has 0 saturated heterocycles. The van der Waals surface area contributed by atoms with Crippen molar-refractivity contribution >= 4 is 17.5 Å². The highest BCUT2D eigenvalue weighted by atomic mass is 35.5. The molecule has 6 nitrogen and oxygen atoms in total. The van der Waals surface area contributed by atoms with Gasteiger partial charge in [0.1, 0.15) is 11.9 Å². The number of nitrogens with zero attached hydrogens (tertiary/aromatic N) is 1. The minimum Gasteiger partial charge on any atom is -0.486 e. The predicted octanol–water partition coefficient (Wildman–Crippen LogP) is 3.75. The number of aromatic nitrogens is 2. The first kappa shape index (κ1) is 19.8. The number of aromatic amines is 1. The third-order valence-electron chi connectivity index (χ3n) is 4.67. The number of hydrogen-bond acceptors (Lipinski definition) is 3. The number of aryl methyl sites for hydroxylation is 1. The van der Waals surface area contributed by atoms with Gasteiger partial charge in [0.2, 0.25) is 0 Å². The zero-order valence-corrected chi connectivity index (χ0v) is 16.7. The fraction of sp³-hybridized carbons (Fsp3) is 0.238. The van der Waals surface area contributed by atoms with Crippen LogP contribution in [0.15, 0.2) is 53.3 Å². The molecule has 146 valence electrons. The molecule has 0 bridgehead atoms. The second-order valence-corrected chi connectivity index (χ2v) is 6.96. The number of benzene rings is 2. The van der Waals surface area contributed by atoms with Crippen molar-refractivity contribution in [1.82, 2.24) is 15.1 Å². The summed E-state index contributed by atoms with van der Waals surface area (Å²) in [6.45, 7) is 3.87. The molecule has 0 radical (unpaired) electrons. The summed E-state index contributed by atoms with van der Waals surface area (Å²) in [5.74, 6) is 0.448. The molecule has 0 spiro atoms. The van der Waals surface area contributed by atoms with Gasteiger partial charge >= 0.3 is 0 Å². The second-order valence-electron chi connectivity index (χ2n) is 6.56. The molecule has 0 aliphatic heterocycles. The van der Waals surface area contributed by atoms with Crippen LogP contribution < -0.4 is 15.6 Å². The van der Waals surface area contributed by atoms with Crippen molar-refractivity contribution in [1.29, 1.82) is 0 Å². The monoisotopic (exact) mass is 399 g/mol. The molecule has 28 heavy (non-hydrogen) atoms. The number of carbonyl (C=O) groups excluding carboxylic acids is 1. The predicted molar refractivity (Wildman–Crippen MR) is 109 cm³/mol. The zero-order valence-electron chi connectivity index (χ0n) is 16.0. The van der Waals surface area contributed by atoms with E-state index in [0.29, 0.717) is 16.1 Å². The summed E-state index contributed by atoms with van der Waals surface area (Å²) in [6, 6.07) is 14.6. The molecule has 0 aliphatic carbocycles. The lowest BCUT2D eigenvalue weighted by Crippen LogP contribution is -2.25. The third kappa shape index (κ3) is 4.28. The SMILES string of the molecule is Cc1c(CNC(=O)c2ccc(C(C)Oc3ccccc3)c(Cl)c2)c(=O)[nH]n1C. The van der Waals surface area contributed by atoms with E-state index in [1.54, 1.807) is 29.9 Å². The number of ether oxygens (including phenoxy) is 1. The first-order valence-corrected chi connectivity index (χ1v) is 9.28. The van der Waals surface area contributed by atoms with Gasteiger partial charge in [0.05, 0.1) is 12.1 Å². The van der Waals surface area contributed by atoms with E-state index >= 15 is 0 Å². The van der Waals surface area contributed by atoms with Crippen molar-refractivity contribution in [3.05, 3.63) is 86.3 Å². The Kier molecular flexibility index (Phi) is 5.90. The van der Waals surface area contributed by atoms with Crippen LogP contribution in [0.5, 0.6) is 5.75 Å². The van der Waals surface area contributed by atoms with Crippen LogP contribution in [0.3, 0.4) is 0 Å². The smallest absolute Gasteiger partial charge is 0.269 e. The minimum atomic E-state index is -0.298. The van der Waals surface area contributed by atoms with Crippen LogP contribution in [0, 0.1) is 6.92 Å². The quantitative estimate of drug-likeness (QED) is 0.662. The highest BCUT2D eigenvalue weighted by Crippen LogP contribution is 2.28. The maximum Gasteiger partial charge on any atom is 0.269 e. The van der Waals surface area contributed by atoms with Crippen LogP contribution >= 0.6 is 11.6 Å². The van der Waals surface area contributed by atoms with E-state index in [-0.39, 0.29) is 24.1 Å². The number of rotatable bonds is 6. The van der Waals surface area contributed by atoms with Gasteiger partial charge in [-0.3, -0.25) is 19.4 Å². The lowest BCUT2D eigenvalue weighted by Gasteiger charge is -2.17. The number of hydrogen-bond donors (Lipinski definition) is 2. The Balaban J connectivity index is 1.69. The minimum absolute atomic E-state index is 0.147. The van der Waals surface area contributed by atoms with E-state index in [1.807, 2.05) is 44.2 Å². The van der Waals surface area contributed by atoms with Gasteiger partial charge < -0.3 is 10.1 Å². The molecule has 0 aliphatic rings. The standard InChI is InChI=1S/C21H22ClN3O3/c1-13-18(21(27)24-25(13)3)12-23-20(26)15-9-10-17(19(22)11-15)14(2)28-16-7-5-4-6-8-16/h4-11,14H,12H2,1-3H3,(H,23,26)(H,24,27). The lowest BCUT2D eigenvalue weighted by molar-refractivity contribution is 0.0950. The van der Waals surface area contributed by atoms with E-state index in [0.717, 1.165) is 17.0 Å². The van der Waals surface area contributed by atoms with Crippen LogP contribution in [0.1, 0.15) is 40.2 Å². The van der Waals surface area contributed by atoms with Crippen molar-refractivity contribution in [3.63, 3.8) is 0 Å². The van der Waals surface area contributed by atoms with Crippen LogP contribution in [0.25, 0.3) is 0 Å². The Morgan fingerprint density at radius 2 is 1.96 bits per heavy atom. The van der Waals surface area contributed by atoms with Gasteiger partial charge in [-0.15, -0.1) is 0 Å². The molecule has 1 unspecified atom stereocenters. The van der Waals surface area contributed by atoms with Crippen LogP contribution in [0.2, 0.25) is 5.02 Å². The fourth-order valence-corrected chi connectivity index (χ4v) is 3.25. The summed E-state index contributed by atoms with van der Waals surface area (Å²) in [6.07, 6.45) is -0.266. The Hall–Kier alpha value is -2.99. The molecule has 7 heteroatoms. The van der Waals surface area contributed by atoms with Crippen LogP contribution in [0.4, 0.5) is 0 Å². The Labute approximate surface area is 168 Å². The normalized spacial score (nSPS) is 11.9. The molecule has 0 fully saturated rings. The molecule has 0 saturated carbocycles. The van der Waals surface area contributed by atoms with E-state index in [4.69, 9.17) is 16.3 Å². The molecule has 1 aromatic heterocycles. The first-order chi connectivity index (χ1) is 13.4. The first-order valence-electron chi connectivity index (χ1n) is 8.90. The number of H-pyrrole nitrogens is 1. The summed E-state index contributed by atoms with van der Waals surface area (Å²) in [4.78, 5) is 24.3. The van der Waals surface area contributed by atoms with Crippen molar-refractivity contribution in [2.75, 3.05) is 0 Å². The number of nitrogens with one attached hydrogen (secondary N) is 2. The van der Waals surface area contributed by atoms with Crippen molar-refractivity contribution in [2.24, 2.45) is 7.05 Å². The molecule has 3 rings (SSSR count). The van der Waals surface area contributed by atoms with Gasteiger partial charge in [0, 0.05) is 28.9 Å². The second kappa shape index (κ2) is 8.35. The fourth-order valence-electron chi connectivity index (χ4n) is 2.91. The summed E-state index contributed by atoms with van der Waals surface area (Å²) >= 11 is 6.39. The Morgan fingerprint density at radius 1 is 1.25 bits per heavy atom. The molecular weight excluding hydrogens is 378 g/mol. The topological polar surface area (TPSA) is 76.1 Å². The Bertz CT molecular complexity index is 1040. The van der Waals surface area contributed by atoms with Crippen molar-refractivity contribution in [2.45, 2.75) is 26.5 Å². The average Bonchev–Trinajstić information content (AvgIpc) is 2.92. The summed E-state index contributed by atoms with van der Waals surface area (Å²) < 4.78 is 7.52. The van der Waals surface area contributed by atoms with E-state index in [1.165, 1.54) is 0 Å². The summed E-state index contributed by atoms with van der Waals surface area (Å²) in [5, 5.41) is 5.88. The van der Waals surface area contributed by atoms with E-state index < -0.39 is 0 Å². The highest BCUT2D eigenvalue weighted by molar-refractivity contribution is 6.31. The summed E-state index contributed by atoms with van der Waals surface area (Å²) in [5.41, 5.74) is 2.32. The lowest BCUT2D eigenvalue weighted by atomic mass is 10.1. The van der Waals surface area contributed by atoms with Gasteiger partial charge in [-0.1, -0.05) is 35.9 Å². The number of amides is 1. The number of halogens is 1. The number of para-hydroxylation sites is 1. The molecular formula is C21H22ClN3O3. The average molecular weight is 400 g/mol. The zero-order chi connectivity index (χ0) is 20.3.